The fraction of sp³-hybridized carbons (Fsp3) is 0.353. The first-order valence-corrected chi connectivity index (χ1v) is 14.9. The number of nitrogens with zero attached hydrogens (tertiary/aromatic N) is 2. The summed E-state index contributed by atoms with van der Waals surface area (Å²) in [7, 11) is 4.82. The minimum atomic E-state index is -1.02. The number of hydrogen-bond donors (Lipinski definition) is 2. The third-order valence-electron chi connectivity index (χ3n) is 7.61. The molecule has 0 unspecified atom stereocenters. The SMILES string of the molecule is COc1ccc(OCCNC(=O)[C@@H]2CCC(=O)N(C)CC(=O)N(C)[C@H](Cc3ccccc3)COc3ccccc3C(=O)N2)cc1. The summed E-state index contributed by atoms with van der Waals surface area (Å²) in [5.41, 5.74) is 1.26. The Morgan fingerprint density at radius 3 is 2.36 bits per heavy atom. The molecule has 0 spiro atoms. The number of amides is 4. The van der Waals surface area contributed by atoms with Crippen LogP contribution < -0.4 is 24.8 Å². The van der Waals surface area contributed by atoms with E-state index in [0.29, 0.717) is 23.7 Å². The molecule has 3 aromatic rings. The Hall–Kier alpha value is -5.06. The molecule has 2 atom stereocenters. The highest BCUT2D eigenvalue weighted by Gasteiger charge is 2.28. The van der Waals surface area contributed by atoms with Crippen molar-refractivity contribution in [3.63, 3.8) is 0 Å². The quantitative estimate of drug-likeness (QED) is 0.373. The van der Waals surface area contributed by atoms with Gasteiger partial charge in [0.05, 0.1) is 31.8 Å². The van der Waals surface area contributed by atoms with Crippen LogP contribution in [0.5, 0.6) is 17.2 Å². The second-order valence-corrected chi connectivity index (χ2v) is 10.8. The van der Waals surface area contributed by atoms with Gasteiger partial charge in [-0.25, -0.2) is 0 Å². The highest BCUT2D eigenvalue weighted by molar-refractivity contribution is 5.99. The van der Waals surface area contributed by atoms with Gasteiger partial charge in [-0.15, -0.1) is 0 Å². The number of rotatable bonds is 8. The number of para-hydroxylation sites is 1. The van der Waals surface area contributed by atoms with Crippen molar-refractivity contribution in [2.45, 2.75) is 31.3 Å². The highest BCUT2D eigenvalue weighted by Crippen LogP contribution is 2.21. The van der Waals surface area contributed by atoms with Crippen LogP contribution in [0.15, 0.2) is 78.9 Å². The molecule has 0 bridgehead atoms. The predicted octanol–water partition coefficient (Wildman–Crippen LogP) is 2.69. The summed E-state index contributed by atoms with van der Waals surface area (Å²) in [6.45, 7) is 0.339. The third-order valence-corrected chi connectivity index (χ3v) is 7.61. The summed E-state index contributed by atoms with van der Waals surface area (Å²) in [6, 6.07) is 22.1. The van der Waals surface area contributed by atoms with Crippen molar-refractivity contribution in [3.05, 3.63) is 90.0 Å². The maximum absolute atomic E-state index is 13.5. The number of carbonyl (C=O) groups excluding carboxylic acids is 4. The molecule has 1 aliphatic rings. The summed E-state index contributed by atoms with van der Waals surface area (Å²) in [5.74, 6) is 0.0920. The molecule has 4 rings (SSSR count). The van der Waals surface area contributed by atoms with Gasteiger partial charge in [-0.05, 0) is 54.8 Å². The highest BCUT2D eigenvalue weighted by atomic mass is 16.5. The van der Waals surface area contributed by atoms with Crippen LogP contribution in [0, 0.1) is 0 Å². The normalized spacial score (nSPS) is 18.1. The standard InChI is InChI=1S/C34H40N4O7/c1-37-22-32(40)38(2)25(21-24-9-5-4-6-10-24)23-45-30-12-8-7-11-28(30)33(41)36-29(17-18-31(37)39)34(42)35-19-20-44-27-15-13-26(43-3)14-16-27/h4-16,25,29H,17-23H2,1-3H3,(H,35,42)(H,36,41)/t25-,29+/m1/s1. The first-order valence-electron chi connectivity index (χ1n) is 14.9. The molecule has 3 aromatic carbocycles. The molecule has 2 N–H and O–H groups in total. The average Bonchev–Trinajstić information content (AvgIpc) is 3.06. The Bertz CT molecular complexity index is 1450. The Morgan fingerprint density at radius 2 is 1.62 bits per heavy atom. The van der Waals surface area contributed by atoms with Crippen molar-refractivity contribution < 1.29 is 33.4 Å². The lowest BCUT2D eigenvalue weighted by molar-refractivity contribution is -0.140. The van der Waals surface area contributed by atoms with Crippen LogP contribution >= 0.6 is 0 Å². The average molecular weight is 617 g/mol. The fourth-order valence-electron chi connectivity index (χ4n) is 4.87. The van der Waals surface area contributed by atoms with Crippen molar-refractivity contribution in [3.8, 4) is 17.2 Å². The molecule has 1 heterocycles. The number of hydrogen-bond acceptors (Lipinski definition) is 7. The summed E-state index contributed by atoms with van der Waals surface area (Å²) in [6.07, 6.45) is 0.489. The van der Waals surface area contributed by atoms with Gasteiger partial charge in [0.1, 0.15) is 36.5 Å². The van der Waals surface area contributed by atoms with Crippen LogP contribution in [-0.4, -0.2) is 93.0 Å². The number of nitrogens with one attached hydrogen (secondary N) is 2. The van der Waals surface area contributed by atoms with E-state index < -0.39 is 17.9 Å². The van der Waals surface area contributed by atoms with E-state index in [9.17, 15) is 19.2 Å². The Balaban J connectivity index is 1.49. The van der Waals surface area contributed by atoms with Crippen LogP contribution in [-0.2, 0) is 20.8 Å². The molecule has 0 fully saturated rings. The number of carbonyl (C=O) groups is 4. The van der Waals surface area contributed by atoms with Gasteiger partial charge in [0, 0.05) is 20.5 Å². The molecule has 0 saturated heterocycles. The number of ether oxygens (including phenoxy) is 3. The van der Waals surface area contributed by atoms with Crippen LogP contribution in [0.3, 0.4) is 0 Å². The smallest absolute Gasteiger partial charge is 0.255 e. The molecule has 45 heavy (non-hydrogen) atoms. The Labute approximate surface area is 263 Å². The molecule has 11 nitrogen and oxygen atoms in total. The van der Waals surface area contributed by atoms with E-state index in [4.69, 9.17) is 14.2 Å². The number of benzene rings is 3. The predicted molar refractivity (Wildman–Crippen MR) is 168 cm³/mol. The van der Waals surface area contributed by atoms with Crippen LogP contribution in [0.4, 0.5) is 0 Å². The Morgan fingerprint density at radius 1 is 0.933 bits per heavy atom. The van der Waals surface area contributed by atoms with Gasteiger partial charge in [-0.3, -0.25) is 19.2 Å². The van der Waals surface area contributed by atoms with Gasteiger partial charge >= 0.3 is 0 Å². The fourth-order valence-corrected chi connectivity index (χ4v) is 4.87. The maximum atomic E-state index is 13.5. The maximum Gasteiger partial charge on any atom is 0.255 e. The molecule has 4 amide bonds. The van der Waals surface area contributed by atoms with Gasteiger partial charge in [-0.1, -0.05) is 42.5 Å². The summed E-state index contributed by atoms with van der Waals surface area (Å²) < 4.78 is 17.0. The Kier molecular flexibility index (Phi) is 11.8. The van der Waals surface area contributed by atoms with Crippen LogP contribution in [0.1, 0.15) is 28.8 Å². The largest absolute Gasteiger partial charge is 0.497 e. The zero-order valence-electron chi connectivity index (χ0n) is 25.9. The number of likely N-dealkylation sites (N-methyl/N-ethyl adjacent to an activating group) is 2. The second kappa shape index (κ2) is 16.1. The van der Waals surface area contributed by atoms with Crippen molar-refractivity contribution in [2.24, 2.45) is 0 Å². The van der Waals surface area contributed by atoms with Crippen molar-refractivity contribution in [1.82, 2.24) is 20.4 Å². The summed E-state index contributed by atoms with van der Waals surface area (Å²) >= 11 is 0. The summed E-state index contributed by atoms with van der Waals surface area (Å²) in [4.78, 5) is 56.0. The van der Waals surface area contributed by atoms with Gasteiger partial charge in [-0.2, -0.15) is 0 Å². The minimum Gasteiger partial charge on any atom is -0.497 e. The zero-order valence-corrected chi connectivity index (χ0v) is 25.9. The van der Waals surface area contributed by atoms with E-state index in [1.807, 2.05) is 30.3 Å². The van der Waals surface area contributed by atoms with Crippen molar-refractivity contribution >= 4 is 23.6 Å². The third kappa shape index (κ3) is 9.46. The molecule has 0 saturated carbocycles. The van der Waals surface area contributed by atoms with Gasteiger partial charge in [0.2, 0.25) is 17.7 Å². The van der Waals surface area contributed by atoms with Gasteiger partial charge < -0.3 is 34.6 Å². The first kappa shape index (κ1) is 32.8. The molecular formula is C34H40N4O7. The first-order chi connectivity index (χ1) is 21.7. The topological polar surface area (TPSA) is 127 Å². The monoisotopic (exact) mass is 616 g/mol. The second-order valence-electron chi connectivity index (χ2n) is 10.8. The number of methoxy groups -OCH3 is 1. The molecule has 0 aliphatic carbocycles. The lowest BCUT2D eigenvalue weighted by Gasteiger charge is -2.30. The summed E-state index contributed by atoms with van der Waals surface area (Å²) in [5, 5.41) is 5.57. The van der Waals surface area contributed by atoms with Crippen LogP contribution in [0.25, 0.3) is 0 Å². The van der Waals surface area contributed by atoms with Gasteiger partial charge in [0.15, 0.2) is 0 Å². The van der Waals surface area contributed by atoms with E-state index in [0.717, 1.165) is 5.56 Å². The molecule has 1 aliphatic heterocycles. The van der Waals surface area contributed by atoms with E-state index >= 15 is 0 Å². The van der Waals surface area contributed by atoms with Crippen LogP contribution in [0.2, 0.25) is 0 Å². The molecule has 238 valence electrons. The molecule has 0 radical (unpaired) electrons. The zero-order chi connectivity index (χ0) is 32.2. The molecule has 0 aromatic heterocycles. The van der Waals surface area contributed by atoms with Crippen molar-refractivity contribution in [1.29, 1.82) is 0 Å². The van der Waals surface area contributed by atoms with E-state index in [1.165, 1.54) is 4.90 Å². The minimum absolute atomic E-state index is 0.0315. The number of fused-ring (bicyclic) bond motifs is 1. The van der Waals surface area contributed by atoms with E-state index in [-0.39, 0.29) is 62.6 Å². The molecule has 11 heteroatoms. The molecular weight excluding hydrogens is 576 g/mol. The lowest BCUT2D eigenvalue weighted by atomic mass is 10.1. The van der Waals surface area contributed by atoms with Gasteiger partial charge in [0.25, 0.3) is 5.91 Å². The van der Waals surface area contributed by atoms with E-state index in [2.05, 4.69) is 10.6 Å². The van der Waals surface area contributed by atoms with E-state index in [1.54, 1.807) is 74.6 Å². The van der Waals surface area contributed by atoms with Crippen molar-refractivity contribution in [2.75, 3.05) is 47.5 Å². The lowest BCUT2D eigenvalue weighted by Crippen LogP contribution is -2.48.